The highest BCUT2D eigenvalue weighted by atomic mass is 35.5. The molecule has 1 N–H and O–H groups in total. The topological polar surface area (TPSA) is 78.7 Å². The van der Waals surface area contributed by atoms with Crippen LogP contribution < -0.4 is 0 Å². The second-order valence-corrected chi connectivity index (χ2v) is 9.20. The van der Waals surface area contributed by atoms with Gasteiger partial charge in [-0.3, -0.25) is 14.3 Å². The molecule has 172 valence electrons. The third-order valence-corrected chi connectivity index (χ3v) is 6.79. The fourth-order valence-electron chi connectivity index (χ4n) is 4.76. The molecule has 0 radical (unpaired) electrons. The number of hydrogen-bond donors (Lipinski definition) is 1. The lowest BCUT2D eigenvalue weighted by Crippen LogP contribution is -2.49. The van der Waals surface area contributed by atoms with Crippen LogP contribution in [0.25, 0.3) is 11.3 Å². The van der Waals surface area contributed by atoms with Crippen molar-refractivity contribution >= 4 is 23.4 Å². The van der Waals surface area contributed by atoms with E-state index in [-0.39, 0.29) is 37.0 Å². The quantitative estimate of drug-likeness (QED) is 0.611. The fraction of sp³-hybridized carbons (Fsp3) is 0.542. The van der Waals surface area contributed by atoms with Crippen LogP contribution in [0.5, 0.6) is 0 Å². The first kappa shape index (κ1) is 22.8. The standard InChI is InChI=1S/C24H31ClN4O3/c1-2-3-4-6-19-14-27(15-23(31)28-12-5-7-20(28)16-30)24(32)22-13-21(26-29(19)22)17-8-10-18(25)11-9-17/h8-11,13,19-20,30H,2-7,12,14-16H2,1H3. The smallest absolute Gasteiger partial charge is 0.272 e. The Hall–Kier alpha value is -2.38. The first-order valence-corrected chi connectivity index (χ1v) is 11.9. The maximum atomic E-state index is 13.3. The van der Waals surface area contributed by atoms with Gasteiger partial charge in [-0.2, -0.15) is 5.10 Å². The van der Waals surface area contributed by atoms with Crippen molar-refractivity contribution in [2.75, 3.05) is 26.2 Å². The van der Waals surface area contributed by atoms with E-state index in [9.17, 15) is 14.7 Å². The number of carbonyl (C=O) groups is 2. The highest BCUT2D eigenvalue weighted by Crippen LogP contribution is 2.30. The summed E-state index contributed by atoms with van der Waals surface area (Å²) in [6, 6.07) is 9.15. The number of benzene rings is 1. The normalized spacial score (nSPS) is 20.7. The van der Waals surface area contributed by atoms with Crippen LogP contribution in [0.4, 0.5) is 0 Å². The molecule has 3 heterocycles. The average molecular weight is 459 g/mol. The van der Waals surface area contributed by atoms with Crippen molar-refractivity contribution in [3.63, 3.8) is 0 Å². The zero-order valence-corrected chi connectivity index (χ0v) is 19.3. The van der Waals surface area contributed by atoms with Crippen molar-refractivity contribution < 1.29 is 14.7 Å². The molecule has 1 aromatic heterocycles. The van der Waals surface area contributed by atoms with Crippen LogP contribution in [-0.2, 0) is 4.79 Å². The molecular formula is C24H31ClN4O3. The number of fused-ring (bicyclic) bond motifs is 1. The average Bonchev–Trinajstić information content (AvgIpc) is 3.45. The van der Waals surface area contributed by atoms with Crippen LogP contribution in [0.1, 0.15) is 62.0 Å². The zero-order valence-electron chi connectivity index (χ0n) is 18.5. The van der Waals surface area contributed by atoms with Crippen molar-refractivity contribution in [3.05, 3.63) is 41.0 Å². The Morgan fingerprint density at radius 1 is 1.22 bits per heavy atom. The van der Waals surface area contributed by atoms with E-state index in [1.807, 2.05) is 35.0 Å². The zero-order chi connectivity index (χ0) is 22.7. The molecule has 4 rings (SSSR count). The van der Waals surface area contributed by atoms with Crippen molar-refractivity contribution in [2.45, 2.75) is 57.5 Å². The highest BCUT2D eigenvalue weighted by Gasteiger charge is 2.36. The monoisotopic (exact) mass is 458 g/mol. The summed E-state index contributed by atoms with van der Waals surface area (Å²) in [5.74, 6) is -0.259. The van der Waals surface area contributed by atoms with Gasteiger partial charge in [0.2, 0.25) is 5.91 Å². The number of rotatable bonds is 8. The maximum absolute atomic E-state index is 13.3. The Balaban J connectivity index is 1.58. The van der Waals surface area contributed by atoms with Crippen LogP contribution in [0.15, 0.2) is 30.3 Å². The maximum Gasteiger partial charge on any atom is 0.272 e. The Morgan fingerprint density at radius 2 is 2.00 bits per heavy atom. The van der Waals surface area contributed by atoms with Crippen molar-refractivity contribution in [1.82, 2.24) is 19.6 Å². The van der Waals surface area contributed by atoms with Crippen LogP contribution in [-0.4, -0.2) is 68.8 Å². The Labute approximate surface area is 193 Å². The lowest BCUT2D eigenvalue weighted by molar-refractivity contribution is -0.133. The van der Waals surface area contributed by atoms with Gasteiger partial charge >= 0.3 is 0 Å². The summed E-state index contributed by atoms with van der Waals surface area (Å²) in [5.41, 5.74) is 2.16. The minimum Gasteiger partial charge on any atom is -0.394 e. The van der Waals surface area contributed by atoms with Crippen molar-refractivity contribution in [3.8, 4) is 11.3 Å². The fourth-order valence-corrected chi connectivity index (χ4v) is 4.88. The first-order chi connectivity index (χ1) is 15.5. The van der Waals surface area contributed by atoms with E-state index in [0.717, 1.165) is 49.8 Å². The van der Waals surface area contributed by atoms with E-state index in [1.165, 1.54) is 0 Å². The molecule has 2 aliphatic heterocycles. The molecule has 2 unspecified atom stereocenters. The molecule has 32 heavy (non-hydrogen) atoms. The van der Waals surface area contributed by atoms with Crippen LogP contribution in [0.3, 0.4) is 0 Å². The molecule has 1 aromatic carbocycles. The van der Waals surface area contributed by atoms with Gasteiger partial charge in [0, 0.05) is 23.7 Å². The summed E-state index contributed by atoms with van der Waals surface area (Å²) in [4.78, 5) is 29.7. The van der Waals surface area contributed by atoms with E-state index in [0.29, 0.717) is 23.8 Å². The Kier molecular flexibility index (Phi) is 7.16. The Morgan fingerprint density at radius 3 is 2.72 bits per heavy atom. The largest absolute Gasteiger partial charge is 0.394 e. The third kappa shape index (κ3) is 4.69. The number of hydrogen-bond acceptors (Lipinski definition) is 4. The third-order valence-electron chi connectivity index (χ3n) is 6.53. The summed E-state index contributed by atoms with van der Waals surface area (Å²) in [6.45, 7) is 3.30. The molecule has 0 saturated carbocycles. The molecule has 2 aromatic rings. The van der Waals surface area contributed by atoms with Crippen LogP contribution in [0, 0.1) is 0 Å². The second kappa shape index (κ2) is 10.0. The number of nitrogens with zero attached hydrogens (tertiary/aromatic N) is 4. The van der Waals surface area contributed by atoms with Crippen LogP contribution >= 0.6 is 11.6 Å². The van der Waals surface area contributed by atoms with Crippen LogP contribution in [0.2, 0.25) is 5.02 Å². The van der Waals surface area contributed by atoms with E-state index >= 15 is 0 Å². The number of aromatic nitrogens is 2. The van der Waals surface area contributed by atoms with Gasteiger partial charge in [0.05, 0.1) is 24.4 Å². The van der Waals surface area contributed by atoms with Gasteiger partial charge < -0.3 is 14.9 Å². The minimum absolute atomic E-state index is 0.0312. The summed E-state index contributed by atoms with van der Waals surface area (Å²) in [5, 5.41) is 15.0. The SMILES string of the molecule is CCCCCC1CN(CC(=O)N2CCCC2CO)C(=O)c2cc(-c3ccc(Cl)cc3)nn21. The molecule has 0 spiro atoms. The first-order valence-electron chi connectivity index (χ1n) is 11.6. The van der Waals surface area contributed by atoms with Gasteiger partial charge in [-0.1, -0.05) is 49.9 Å². The minimum atomic E-state index is -0.169. The van der Waals surface area contributed by atoms with Crippen molar-refractivity contribution in [2.24, 2.45) is 0 Å². The van der Waals surface area contributed by atoms with Gasteiger partial charge in [0.15, 0.2) is 0 Å². The van der Waals surface area contributed by atoms with Gasteiger partial charge in [-0.05, 0) is 37.5 Å². The highest BCUT2D eigenvalue weighted by molar-refractivity contribution is 6.30. The van der Waals surface area contributed by atoms with Gasteiger partial charge in [-0.25, -0.2) is 0 Å². The van der Waals surface area contributed by atoms with E-state index in [2.05, 4.69) is 6.92 Å². The summed E-state index contributed by atoms with van der Waals surface area (Å²) in [7, 11) is 0. The molecule has 2 aliphatic rings. The number of aliphatic hydroxyl groups is 1. The van der Waals surface area contributed by atoms with E-state index < -0.39 is 0 Å². The molecular weight excluding hydrogens is 428 g/mol. The van der Waals surface area contributed by atoms with Gasteiger partial charge in [0.25, 0.3) is 5.91 Å². The molecule has 1 fully saturated rings. The number of unbranched alkanes of at least 4 members (excludes halogenated alkanes) is 2. The number of amides is 2. The Bertz CT molecular complexity index is 959. The second-order valence-electron chi connectivity index (χ2n) is 8.77. The molecule has 1 saturated heterocycles. The summed E-state index contributed by atoms with van der Waals surface area (Å²) >= 11 is 6.02. The van der Waals surface area contributed by atoms with E-state index in [1.54, 1.807) is 9.80 Å². The lowest BCUT2D eigenvalue weighted by atomic mass is 10.0. The van der Waals surface area contributed by atoms with Gasteiger partial charge in [0.1, 0.15) is 12.2 Å². The molecule has 2 amide bonds. The molecule has 0 aliphatic carbocycles. The number of halogens is 1. The number of carbonyl (C=O) groups excluding carboxylic acids is 2. The van der Waals surface area contributed by atoms with Gasteiger partial charge in [-0.15, -0.1) is 0 Å². The molecule has 7 nitrogen and oxygen atoms in total. The number of aliphatic hydroxyl groups excluding tert-OH is 1. The van der Waals surface area contributed by atoms with E-state index in [4.69, 9.17) is 16.7 Å². The molecule has 8 heteroatoms. The predicted molar refractivity (Wildman–Crippen MR) is 124 cm³/mol. The molecule has 0 bridgehead atoms. The van der Waals surface area contributed by atoms with Crippen molar-refractivity contribution in [1.29, 1.82) is 0 Å². The number of likely N-dealkylation sites (tertiary alicyclic amines) is 1. The summed E-state index contributed by atoms with van der Waals surface area (Å²) < 4.78 is 1.86. The molecule has 2 atom stereocenters. The lowest BCUT2D eigenvalue weighted by Gasteiger charge is -2.34. The summed E-state index contributed by atoms with van der Waals surface area (Å²) in [6.07, 6.45) is 5.90. The predicted octanol–water partition coefficient (Wildman–Crippen LogP) is 3.76.